The van der Waals surface area contributed by atoms with Crippen LogP contribution in [0.15, 0.2) is 0 Å². The molecule has 5 nitrogen and oxygen atoms in total. The molecule has 0 saturated carbocycles. The number of carbonyl (C=O) groups excluding carboxylic acids is 2. The third-order valence-electron chi connectivity index (χ3n) is 5.62. The fourth-order valence-electron chi connectivity index (χ4n) is 4.17. The summed E-state index contributed by atoms with van der Waals surface area (Å²) in [5, 5.41) is 0. The second-order valence-corrected chi connectivity index (χ2v) is 9.51. The van der Waals surface area contributed by atoms with Crippen molar-refractivity contribution >= 4 is 23.6 Å². The first-order chi connectivity index (χ1) is 11.4. The zero-order chi connectivity index (χ0) is 17.3. The largest absolute Gasteiger partial charge is 0.342 e. The topological polar surface area (TPSA) is 43.9 Å². The van der Waals surface area contributed by atoms with Crippen molar-refractivity contribution in [3.8, 4) is 0 Å². The minimum atomic E-state index is -0.189. The molecule has 3 fully saturated rings. The number of rotatable bonds is 2. The van der Waals surface area contributed by atoms with Crippen LogP contribution in [-0.2, 0) is 9.59 Å². The smallest absolute Gasteiger partial charge is 0.227 e. The predicted molar refractivity (Wildman–Crippen MR) is 98.1 cm³/mol. The predicted octanol–water partition coefficient (Wildman–Crippen LogP) is 1.67. The maximum absolute atomic E-state index is 12.8. The highest BCUT2D eigenvalue weighted by Crippen LogP contribution is 2.28. The summed E-state index contributed by atoms with van der Waals surface area (Å²) in [7, 11) is 0. The SMILES string of the molecule is CC(C)(C)N1CC(C(=O)N2CCC(N3CCSCC3)CC2)CC1=O. The number of hydrogen-bond donors (Lipinski definition) is 0. The molecular weight excluding hydrogens is 322 g/mol. The van der Waals surface area contributed by atoms with E-state index in [1.165, 1.54) is 24.6 Å². The fourth-order valence-corrected chi connectivity index (χ4v) is 5.10. The Kier molecular flexibility index (Phi) is 5.45. The Bertz CT molecular complexity index is 477. The lowest BCUT2D eigenvalue weighted by Gasteiger charge is -2.40. The number of amides is 2. The van der Waals surface area contributed by atoms with Crippen LogP contribution in [0.25, 0.3) is 0 Å². The van der Waals surface area contributed by atoms with Gasteiger partial charge in [0.1, 0.15) is 0 Å². The summed E-state index contributed by atoms with van der Waals surface area (Å²) < 4.78 is 0. The van der Waals surface area contributed by atoms with Gasteiger partial charge in [-0.2, -0.15) is 11.8 Å². The average molecular weight is 354 g/mol. The van der Waals surface area contributed by atoms with E-state index in [0.717, 1.165) is 25.9 Å². The number of carbonyl (C=O) groups is 2. The average Bonchev–Trinajstić information content (AvgIpc) is 2.97. The maximum Gasteiger partial charge on any atom is 0.227 e. The number of nitrogens with zero attached hydrogens (tertiary/aromatic N) is 3. The van der Waals surface area contributed by atoms with Crippen LogP contribution in [-0.4, -0.2) is 82.3 Å². The van der Waals surface area contributed by atoms with Crippen LogP contribution in [0, 0.1) is 5.92 Å². The normalized spacial score (nSPS) is 27.8. The Labute approximate surface area is 150 Å². The van der Waals surface area contributed by atoms with Crippen molar-refractivity contribution in [1.29, 1.82) is 0 Å². The Morgan fingerprint density at radius 1 is 1.08 bits per heavy atom. The summed E-state index contributed by atoms with van der Waals surface area (Å²) in [6.45, 7) is 10.8. The van der Waals surface area contributed by atoms with Crippen LogP contribution in [0.1, 0.15) is 40.0 Å². The standard InChI is InChI=1S/C18H31N3O2S/c1-18(2,3)21-13-14(12-16(21)22)17(23)20-6-4-15(5-7-20)19-8-10-24-11-9-19/h14-15H,4-13H2,1-3H3. The van der Waals surface area contributed by atoms with Crippen LogP contribution in [0.5, 0.6) is 0 Å². The van der Waals surface area contributed by atoms with Crippen molar-refractivity contribution in [2.24, 2.45) is 5.92 Å². The molecule has 0 N–H and O–H groups in total. The summed E-state index contributed by atoms with van der Waals surface area (Å²) >= 11 is 2.04. The summed E-state index contributed by atoms with van der Waals surface area (Å²) in [6.07, 6.45) is 2.56. The van der Waals surface area contributed by atoms with Gasteiger partial charge >= 0.3 is 0 Å². The first kappa shape index (κ1) is 18.1. The Morgan fingerprint density at radius 3 is 2.25 bits per heavy atom. The fraction of sp³-hybridized carbons (Fsp3) is 0.889. The molecule has 24 heavy (non-hydrogen) atoms. The zero-order valence-corrected chi connectivity index (χ0v) is 16.1. The number of hydrogen-bond acceptors (Lipinski definition) is 4. The lowest BCUT2D eigenvalue weighted by Crippen LogP contribution is -2.50. The summed E-state index contributed by atoms with van der Waals surface area (Å²) in [4.78, 5) is 31.5. The van der Waals surface area contributed by atoms with Crippen molar-refractivity contribution in [2.45, 2.75) is 51.6 Å². The highest BCUT2D eigenvalue weighted by molar-refractivity contribution is 7.99. The van der Waals surface area contributed by atoms with Crippen molar-refractivity contribution in [3.05, 3.63) is 0 Å². The Hall–Kier alpha value is -0.750. The maximum atomic E-state index is 12.8. The molecule has 2 amide bonds. The van der Waals surface area contributed by atoms with Gasteiger partial charge in [-0.15, -0.1) is 0 Å². The molecule has 0 aromatic carbocycles. The first-order valence-electron chi connectivity index (χ1n) is 9.27. The molecule has 0 radical (unpaired) electrons. The van der Waals surface area contributed by atoms with Crippen molar-refractivity contribution in [3.63, 3.8) is 0 Å². The second-order valence-electron chi connectivity index (χ2n) is 8.28. The van der Waals surface area contributed by atoms with Crippen LogP contribution in [0.3, 0.4) is 0 Å². The highest BCUT2D eigenvalue weighted by Gasteiger charge is 2.41. The summed E-state index contributed by atoms with van der Waals surface area (Å²) in [5.41, 5.74) is -0.189. The third-order valence-corrected chi connectivity index (χ3v) is 6.56. The molecule has 0 aromatic heterocycles. The molecule has 1 atom stereocenters. The molecule has 136 valence electrons. The van der Waals surface area contributed by atoms with Gasteiger partial charge in [-0.05, 0) is 33.6 Å². The molecule has 3 saturated heterocycles. The summed E-state index contributed by atoms with van der Waals surface area (Å²) in [6, 6.07) is 0.645. The van der Waals surface area contributed by atoms with E-state index in [4.69, 9.17) is 0 Å². The van der Waals surface area contributed by atoms with E-state index in [2.05, 4.69) is 4.90 Å². The van der Waals surface area contributed by atoms with Crippen molar-refractivity contribution in [2.75, 3.05) is 44.2 Å². The van der Waals surface area contributed by atoms with E-state index in [-0.39, 0.29) is 23.3 Å². The Morgan fingerprint density at radius 2 is 1.71 bits per heavy atom. The lowest BCUT2D eigenvalue weighted by molar-refractivity contribution is -0.137. The molecule has 0 spiro atoms. The van der Waals surface area contributed by atoms with Crippen LogP contribution < -0.4 is 0 Å². The number of thioether (sulfide) groups is 1. The van der Waals surface area contributed by atoms with Crippen molar-refractivity contribution in [1.82, 2.24) is 14.7 Å². The summed E-state index contributed by atoms with van der Waals surface area (Å²) in [5.74, 6) is 2.67. The van der Waals surface area contributed by atoms with Crippen LogP contribution >= 0.6 is 11.8 Å². The number of likely N-dealkylation sites (tertiary alicyclic amines) is 2. The molecular formula is C18H31N3O2S. The molecule has 0 bridgehead atoms. The van der Waals surface area contributed by atoms with Gasteiger partial charge in [0.05, 0.1) is 5.92 Å². The molecule has 3 rings (SSSR count). The van der Waals surface area contributed by atoms with Gasteiger partial charge in [0, 0.05) is 62.2 Å². The molecule has 0 aromatic rings. The van der Waals surface area contributed by atoms with E-state index in [1.54, 1.807) is 0 Å². The number of piperidine rings is 1. The zero-order valence-electron chi connectivity index (χ0n) is 15.3. The Balaban J connectivity index is 1.51. The van der Waals surface area contributed by atoms with E-state index in [0.29, 0.717) is 19.0 Å². The second kappa shape index (κ2) is 7.24. The molecule has 1 unspecified atom stereocenters. The van der Waals surface area contributed by atoms with Gasteiger partial charge in [0.25, 0.3) is 0 Å². The van der Waals surface area contributed by atoms with Gasteiger partial charge in [-0.25, -0.2) is 0 Å². The van der Waals surface area contributed by atoms with E-state index >= 15 is 0 Å². The van der Waals surface area contributed by atoms with Gasteiger partial charge in [-0.1, -0.05) is 0 Å². The van der Waals surface area contributed by atoms with Crippen molar-refractivity contribution < 1.29 is 9.59 Å². The van der Waals surface area contributed by atoms with Gasteiger partial charge < -0.3 is 9.80 Å². The minimum absolute atomic E-state index is 0.126. The van der Waals surface area contributed by atoms with Gasteiger partial charge in [0.15, 0.2) is 0 Å². The molecule has 3 aliphatic heterocycles. The van der Waals surface area contributed by atoms with Gasteiger partial charge in [0.2, 0.25) is 11.8 Å². The first-order valence-corrected chi connectivity index (χ1v) is 10.4. The van der Waals surface area contributed by atoms with Crippen LogP contribution in [0.4, 0.5) is 0 Å². The van der Waals surface area contributed by atoms with Crippen LogP contribution in [0.2, 0.25) is 0 Å². The quantitative estimate of drug-likeness (QED) is 0.758. The molecule has 6 heteroatoms. The molecule has 3 aliphatic rings. The minimum Gasteiger partial charge on any atom is -0.342 e. The monoisotopic (exact) mass is 353 g/mol. The molecule has 0 aliphatic carbocycles. The van der Waals surface area contributed by atoms with Gasteiger partial charge in [-0.3, -0.25) is 14.5 Å². The van der Waals surface area contributed by atoms with E-state index < -0.39 is 0 Å². The van der Waals surface area contributed by atoms with E-state index in [9.17, 15) is 9.59 Å². The molecule has 3 heterocycles. The third kappa shape index (κ3) is 3.90. The highest BCUT2D eigenvalue weighted by atomic mass is 32.2. The van der Waals surface area contributed by atoms with E-state index in [1.807, 2.05) is 42.3 Å². The lowest BCUT2D eigenvalue weighted by atomic mass is 10.00.